The standard InChI is InChI=1S/C4H7O2S.Na/c1-3-4(2)7(5)6;/h3H,1-2H3;/q-1;+1. The molecule has 0 fully saturated rings. The molecule has 0 heterocycles. The maximum atomic E-state index is 9.86. The van der Waals surface area contributed by atoms with Gasteiger partial charge < -0.3 is 8.42 Å². The summed E-state index contributed by atoms with van der Waals surface area (Å²) in [6, 6.07) is 0. The third kappa shape index (κ3) is 4.84. The van der Waals surface area contributed by atoms with E-state index in [9.17, 15) is 8.42 Å². The van der Waals surface area contributed by atoms with E-state index in [1.807, 2.05) is 0 Å². The molecule has 0 unspecified atom stereocenters. The largest absolute Gasteiger partial charge is 1.00 e. The van der Waals surface area contributed by atoms with Gasteiger partial charge in [-0.2, -0.15) is 0 Å². The third-order valence-corrected chi connectivity index (χ3v) is 1.43. The van der Waals surface area contributed by atoms with Gasteiger partial charge in [-0.1, -0.05) is 17.6 Å². The number of hydrogen-bond donors (Lipinski definition) is 0. The first-order valence-corrected chi connectivity index (χ1v) is 2.98. The van der Waals surface area contributed by atoms with Crippen molar-refractivity contribution in [1.29, 1.82) is 0 Å². The van der Waals surface area contributed by atoms with Crippen LogP contribution in [0.5, 0.6) is 0 Å². The summed E-state index contributed by atoms with van der Waals surface area (Å²) >= 11 is 0. The summed E-state index contributed by atoms with van der Waals surface area (Å²) in [6.07, 6.45) is 1.54. The van der Waals surface area contributed by atoms with Crippen LogP contribution in [0.2, 0.25) is 0 Å². The quantitative estimate of drug-likeness (QED) is 0.320. The number of rotatable bonds is 1. The van der Waals surface area contributed by atoms with E-state index in [0.717, 1.165) is 0 Å². The van der Waals surface area contributed by atoms with E-state index in [2.05, 4.69) is 0 Å². The monoisotopic (exact) mass is 142 g/mol. The molecule has 0 spiro atoms. The SMILES string of the molecule is CC=C(C)[S-](=O)=O.[Na+]. The van der Waals surface area contributed by atoms with Crippen molar-refractivity contribution in [3.05, 3.63) is 11.0 Å². The smallest absolute Gasteiger partial charge is 0.420 e. The van der Waals surface area contributed by atoms with E-state index in [-0.39, 0.29) is 29.6 Å². The molecule has 42 valence electrons. The van der Waals surface area contributed by atoms with Crippen LogP contribution in [-0.4, -0.2) is 0 Å². The first kappa shape index (κ1) is 11.5. The van der Waals surface area contributed by atoms with Crippen LogP contribution in [0.1, 0.15) is 13.8 Å². The summed E-state index contributed by atoms with van der Waals surface area (Å²) in [5.74, 6) is 0. The summed E-state index contributed by atoms with van der Waals surface area (Å²) in [6.45, 7) is 3.23. The van der Waals surface area contributed by atoms with Crippen molar-refractivity contribution in [2.24, 2.45) is 0 Å². The normalized spacial score (nSPS) is 11.1. The van der Waals surface area contributed by atoms with Crippen LogP contribution >= 0.6 is 0 Å². The molecule has 0 aliphatic rings. The van der Waals surface area contributed by atoms with Crippen LogP contribution in [0.25, 0.3) is 0 Å². The minimum atomic E-state index is -2.00. The molecule has 0 atom stereocenters. The van der Waals surface area contributed by atoms with Crippen molar-refractivity contribution in [3.8, 4) is 0 Å². The molecule has 0 amide bonds. The Balaban J connectivity index is 0. The minimum absolute atomic E-state index is 0. The molecule has 0 saturated heterocycles. The van der Waals surface area contributed by atoms with E-state index in [4.69, 9.17) is 0 Å². The van der Waals surface area contributed by atoms with Gasteiger partial charge in [-0.15, -0.1) is 11.0 Å². The Bertz CT molecular complexity index is 140. The van der Waals surface area contributed by atoms with E-state index < -0.39 is 10.7 Å². The molecule has 0 aromatic rings. The van der Waals surface area contributed by atoms with Gasteiger partial charge in [0.2, 0.25) is 0 Å². The second kappa shape index (κ2) is 5.82. The minimum Gasteiger partial charge on any atom is -0.420 e. The van der Waals surface area contributed by atoms with Crippen LogP contribution in [0.4, 0.5) is 0 Å². The average Bonchev–Trinajstić information content (AvgIpc) is 1.65. The van der Waals surface area contributed by atoms with Crippen molar-refractivity contribution in [2.75, 3.05) is 0 Å². The molecule has 0 saturated carbocycles. The number of allylic oxidation sites excluding steroid dienone is 2. The molecule has 4 heteroatoms. The second-order valence-electron chi connectivity index (χ2n) is 1.13. The topological polar surface area (TPSA) is 34.1 Å². The Hall–Kier alpha value is 0.690. The Kier molecular flexibility index (Phi) is 8.35. The molecule has 0 N–H and O–H groups in total. The van der Waals surface area contributed by atoms with E-state index in [1.54, 1.807) is 19.9 Å². The van der Waals surface area contributed by atoms with Gasteiger partial charge in [-0.05, 0) is 6.92 Å². The zero-order valence-electron chi connectivity index (χ0n) is 5.30. The molecule has 0 aromatic heterocycles. The van der Waals surface area contributed by atoms with Gasteiger partial charge in [0.05, 0.1) is 0 Å². The molecular formula is C4H7NaO2S. The van der Waals surface area contributed by atoms with Crippen molar-refractivity contribution < 1.29 is 38.0 Å². The molecule has 0 bridgehead atoms. The fraction of sp³-hybridized carbons (Fsp3) is 0.500. The molecule has 0 aromatic carbocycles. The van der Waals surface area contributed by atoms with E-state index >= 15 is 0 Å². The summed E-state index contributed by atoms with van der Waals surface area (Å²) < 4.78 is 19.7. The summed E-state index contributed by atoms with van der Waals surface area (Å²) in [5.41, 5.74) is 0. The average molecular weight is 142 g/mol. The van der Waals surface area contributed by atoms with Gasteiger partial charge in [0.1, 0.15) is 0 Å². The molecular weight excluding hydrogens is 135 g/mol. The first-order chi connectivity index (χ1) is 3.18. The summed E-state index contributed by atoms with van der Waals surface area (Å²) in [4.78, 5) is 0.389. The van der Waals surface area contributed by atoms with Crippen molar-refractivity contribution >= 4 is 10.7 Å². The predicted molar refractivity (Wildman–Crippen MR) is 28.2 cm³/mol. The molecule has 0 rings (SSSR count). The molecule has 8 heavy (non-hydrogen) atoms. The van der Waals surface area contributed by atoms with Crippen LogP contribution in [-0.2, 0) is 19.1 Å². The van der Waals surface area contributed by atoms with Crippen molar-refractivity contribution in [2.45, 2.75) is 13.8 Å². The van der Waals surface area contributed by atoms with Crippen molar-refractivity contribution in [1.82, 2.24) is 0 Å². The first-order valence-electron chi connectivity index (χ1n) is 1.90. The molecule has 0 radical (unpaired) electrons. The fourth-order valence-corrected chi connectivity index (χ4v) is 0.289. The van der Waals surface area contributed by atoms with Gasteiger partial charge in [-0.3, -0.25) is 0 Å². The zero-order valence-corrected chi connectivity index (χ0v) is 8.12. The van der Waals surface area contributed by atoms with Gasteiger partial charge in [0, 0.05) is 0 Å². The summed E-state index contributed by atoms with van der Waals surface area (Å²) in [7, 11) is -2.00. The van der Waals surface area contributed by atoms with Crippen LogP contribution < -0.4 is 29.6 Å². The molecule has 0 aliphatic carbocycles. The maximum absolute atomic E-state index is 9.86. The Labute approximate surface area is 73.2 Å². The Morgan fingerprint density at radius 1 is 1.50 bits per heavy atom. The fourth-order valence-electron chi connectivity index (χ4n) is 0.0962. The number of hydrogen-bond acceptors (Lipinski definition) is 3. The summed E-state index contributed by atoms with van der Waals surface area (Å²) in [5, 5.41) is 0. The predicted octanol–water partition coefficient (Wildman–Crippen LogP) is -1.78. The van der Waals surface area contributed by atoms with Crippen LogP contribution in [0, 0.1) is 0 Å². The van der Waals surface area contributed by atoms with E-state index in [0.29, 0.717) is 4.91 Å². The van der Waals surface area contributed by atoms with Crippen LogP contribution in [0.3, 0.4) is 0 Å². The van der Waals surface area contributed by atoms with Crippen molar-refractivity contribution in [3.63, 3.8) is 0 Å². The van der Waals surface area contributed by atoms with Crippen LogP contribution in [0.15, 0.2) is 11.0 Å². The maximum Gasteiger partial charge on any atom is 1.00 e. The molecule has 2 nitrogen and oxygen atoms in total. The third-order valence-electron chi connectivity index (χ3n) is 0.669. The van der Waals surface area contributed by atoms with Gasteiger partial charge in [-0.25, -0.2) is 0 Å². The second-order valence-corrected chi connectivity index (χ2v) is 2.25. The van der Waals surface area contributed by atoms with Gasteiger partial charge in [0.25, 0.3) is 0 Å². The van der Waals surface area contributed by atoms with Gasteiger partial charge >= 0.3 is 29.6 Å². The van der Waals surface area contributed by atoms with Gasteiger partial charge in [0.15, 0.2) is 0 Å². The van der Waals surface area contributed by atoms with E-state index in [1.165, 1.54) is 0 Å². The Morgan fingerprint density at radius 2 is 1.88 bits per heavy atom. The molecule has 0 aliphatic heterocycles. The Morgan fingerprint density at radius 3 is 1.88 bits per heavy atom. The zero-order chi connectivity index (χ0) is 5.86.